The van der Waals surface area contributed by atoms with E-state index in [2.05, 4.69) is 15.6 Å². The van der Waals surface area contributed by atoms with E-state index in [0.29, 0.717) is 17.0 Å². The Bertz CT molecular complexity index is 960. The molecule has 0 saturated heterocycles. The molecule has 1 aromatic heterocycles. The average molecular weight is 392 g/mol. The van der Waals surface area contributed by atoms with Crippen LogP contribution in [0.3, 0.4) is 0 Å². The second kappa shape index (κ2) is 8.96. The fraction of sp³-hybridized carbons (Fsp3) is 0.0952. The third-order valence-corrected chi connectivity index (χ3v) is 3.97. The van der Waals surface area contributed by atoms with E-state index in [9.17, 15) is 4.79 Å². The summed E-state index contributed by atoms with van der Waals surface area (Å²) in [6, 6.07) is 20.3. The summed E-state index contributed by atoms with van der Waals surface area (Å²) in [6.07, 6.45) is 1.52. The van der Waals surface area contributed by atoms with Gasteiger partial charge in [0.1, 0.15) is 17.3 Å². The summed E-state index contributed by atoms with van der Waals surface area (Å²) in [5, 5.41) is 5.83. The van der Waals surface area contributed by atoms with E-state index < -0.39 is 0 Å². The van der Waals surface area contributed by atoms with Gasteiger partial charge in [-0.2, -0.15) is 0 Å². The van der Waals surface area contributed by atoms with E-state index in [1.807, 2.05) is 67.5 Å². The molecule has 0 spiro atoms. The molecule has 0 aliphatic carbocycles. The molecule has 6 nitrogen and oxygen atoms in total. The molecule has 0 bridgehead atoms. The Hall–Kier alpha value is -3.45. The first kappa shape index (κ1) is 19.3. The number of nitrogens with zero attached hydrogens (tertiary/aromatic N) is 2. The maximum absolute atomic E-state index is 12.3. The van der Waals surface area contributed by atoms with Gasteiger partial charge in [0, 0.05) is 32.0 Å². The van der Waals surface area contributed by atoms with E-state index in [-0.39, 0.29) is 11.0 Å². The lowest BCUT2D eigenvalue weighted by Gasteiger charge is -2.13. The third kappa shape index (κ3) is 5.28. The predicted octanol–water partition coefficient (Wildman–Crippen LogP) is 4.07. The van der Waals surface area contributed by atoms with Gasteiger partial charge in [-0.15, -0.1) is 0 Å². The number of ether oxygens (including phenoxy) is 1. The molecule has 0 atom stereocenters. The molecule has 2 N–H and O–H groups in total. The number of anilines is 2. The average Bonchev–Trinajstić information content (AvgIpc) is 2.69. The highest BCUT2D eigenvalue weighted by atomic mass is 32.1. The minimum Gasteiger partial charge on any atom is -0.457 e. The van der Waals surface area contributed by atoms with Crippen molar-refractivity contribution < 1.29 is 9.53 Å². The molecule has 0 unspecified atom stereocenters. The number of carbonyl (C=O) groups is 1. The number of hydrogen-bond donors (Lipinski definition) is 2. The summed E-state index contributed by atoms with van der Waals surface area (Å²) in [4.78, 5) is 18.4. The molecule has 0 aliphatic rings. The Morgan fingerprint density at radius 3 is 2.43 bits per heavy atom. The van der Waals surface area contributed by atoms with Crippen LogP contribution in [0.5, 0.6) is 11.5 Å². The van der Waals surface area contributed by atoms with Gasteiger partial charge < -0.3 is 15.0 Å². The van der Waals surface area contributed by atoms with Crippen molar-refractivity contribution in [2.75, 3.05) is 24.3 Å². The monoisotopic (exact) mass is 392 g/mol. The quantitative estimate of drug-likeness (QED) is 0.638. The molecule has 3 rings (SSSR count). The number of aromatic nitrogens is 1. The van der Waals surface area contributed by atoms with Crippen molar-refractivity contribution in [2.45, 2.75) is 0 Å². The molecule has 0 fully saturated rings. The van der Waals surface area contributed by atoms with Gasteiger partial charge in [0.2, 0.25) is 0 Å². The highest BCUT2D eigenvalue weighted by Crippen LogP contribution is 2.23. The summed E-state index contributed by atoms with van der Waals surface area (Å²) in [5.41, 5.74) is 1.13. The Balaban J connectivity index is 1.60. The van der Waals surface area contributed by atoms with E-state index in [0.717, 1.165) is 11.6 Å². The van der Waals surface area contributed by atoms with Crippen LogP contribution in [-0.4, -0.2) is 30.1 Å². The minimum atomic E-state index is -0.327. The van der Waals surface area contributed by atoms with E-state index >= 15 is 0 Å². The fourth-order valence-electron chi connectivity index (χ4n) is 2.38. The van der Waals surface area contributed by atoms with Crippen LogP contribution in [-0.2, 0) is 0 Å². The van der Waals surface area contributed by atoms with Crippen LogP contribution in [0.1, 0.15) is 10.4 Å². The Kier molecular flexibility index (Phi) is 6.18. The van der Waals surface area contributed by atoms with E-state index in [1.165, 1.54) is 6.20 Å². The zero-order valence-corrected chi connectivity index (χ0v) is 16.4. The molecule has 28 heavy (non-hydrogen) atoms. The Labute approximate surface area is 169 Å². The maximum atomic E-state index is 12.3. The topological polar surface area (TPSA) is 66.5 Å². The molecular formula is C21H20N4O2S. The lowest BCUT2D eigenvalue weighted by molar-refractivity contribution is 0.0977. The number of pyridine rings is 1. The zero-order valence-electron chi connectivity index (χ0n) is 15.5. The molecule has 0 aliphatic heterocycles. The molecule has 1 heterocycles. The van der Waals surface area contributed by atoms with Crippen molar-refractivity contribution in [3.05, 3.63) is 78.5 Å². The van der Waals surface area contributed by atoms with Crippen LogP contribution < -0.4 is 20.3 Å². The van der Waals surface area contributed by atoms with Gasteiger partial charge in [0.15, 0.2) is 5.11 Å². The number of nitrogens with one attached hydrogen (secondary N) is 2. The third-order valence-electron chi connectivity index (χ3n) is 3.77. The Morgan fingerprint density at radius 2 is 1.75 bits per heavy atom. The fourth-order valence-corrected chi connectivity index (χ4v) is 2.60. The highest BCUT2D eigenvalue weighted by molar-refractivity contribution is 7.80. The largest absolute Gasteiger partial charge is 0.457 e. The van der Waals surface area contributed by atoms with Crippen molar-refractivity contribution >= 4 is 34.7 Å². The van der Waals surface area contributed by atoms with Crippen molar-refractivity contribution in [1.82, 2.24) is 10.3 Å². The lowest BCUT2D eigenvalue weighted by Crippen LogP contribution is -2.34. The second-order valence-electron chi connectivity index (χ2n) is 6.15. The lowest BCUT2D eigenvalue weighted by atomic mass is 10.2. The number of thiocarbonyl (C=S) groups is 1. The minimum absolute atomic E-state index is 0.193. The van der Waals surface area contributed by atoms with Gasteiger partial charge in [0.05, 0.1) is 5.56 Å². The number of para-hydroxylation sites is 1. The van der Waals surface area contributed by atoms with Gasteiger partial charge >= 0.3 is 0 Å². The summed E-state index contributed by atoms with van der Waals surface area (Å²) in [7, 11) is 3.77. The van der Waals surface area contributed by atoms with E-state index in [4.69, 9.17) is 17.0 Å². The van der Waals surface area contributed by atoms with Crippen LogP contribution in [0.25, 0.3) is 0 Å². The van der Waals surface area contributed by atoms with Crippen molar-refractivity contribution in [3.8, 4) is 11.5 Å². The highest BCUT2D eigenvalue weighted by Gasteiger charge is 2.09. The second-order valence-corrected chi connectivity index (χ2v) is 6.56. The number of benzene rings is 2. The van der Waals surface area contributed by atoms with Crippen LogP contribution >= 0.6 is 12.2 Å². The van der Waals surface area contributed by atoms with Crippen LogP contribution in [0, 0.1) is 0 Å². The molecule has 0 saturated carbocycles. The first-order chi connectivity index (χ1) is 13.5. The van der Waals surface area contributed by atoms with Crippen molar-refractivity contribution in [1.29, 1.82) is 0 Å². The van der Waals surface area contributed by atoms with Gasteiger partial charge in [-0.05, 0) is 48.6 Å². The van der Waals surface area contributed by atoms with Gasteiger partial charge in [-0.25, -0.2) is 4.98 Å². The van der Waals surface area contributed by atoms with Crippen LogP contribution in [0.2, 0.25) is 0 Å². The number of rotatable bonds is 5. The molecule has 2 aromatic carbocycles. The molecule has 3 aromatic rings. The first-order valence-corrected chi connectivity index (χ1v) is 9.01. The standard InChI is InChI=1S/C21H20N4O2S/c1-25(2)19-12-11-15(14-22-19)20(26)24-21(28)23-16-7-6-10-18(13-16)27-17-8-4-3-5-9-17/h3-14H,1-2H3,(H2,23,24,26,28). The molecule has 1 amide bonds. The van der Waals surface area contributed by atoms with Crippen molar-refractivity contribution in [2.24, 2.45) is 0 Å². The summed E-state index contributed by atoms with van der Waals surface area (Å²) >= 11 is 5.24. The van der Waals surface area contributed by atoms with Gasteiger partial charge in [0.25, 0.3) is 5.91 Å². The molecule has 0 radical (unpaired) electrons. The normalized spacial score (nSPS) is 10.1. The van der Waals surface area contributed by atoms with E-state index in [1.54, 1.807) is 18.2 Å². The Morgan fingerprint density at radius 1 is 1.00 bits per heavy atom. The molecule has 142 valence electrons. The molecular weight excluding hydrogens is 372 g/mol. The van der Waals surface area contributed by atoms with Gasteiger partial charge in [-0.3, -0.25) is 10.1 Å². The summed E-state index contributed by atoms with van der Waals surface area (Å²) in [6.45, 7) is 0. The predicted molar refractivity (Wildman–Crippen MR) is 115 cm³/mol. The number of amides is 1. The van der Waals surface area contributed by atoms with Gasteiger partial charge in [-0.1, -0.05) is 24.3 Å². The maximum Gasteiger partial charge on any atom is 0.258 e. The van der Waals surface area contributed by atoms with Crippen molar-refractivity contribution in [3.63, 3.8) is 0 Å². The SMILES string of the molecule is CN(C)c1ccc(C(=O)NC(=S)Nc2cccc(Oc3ccccc3)c2)cn1. The summed E-state index contributed by atoms with van der Waals surface area (Å²) in [5.74, 6) is 1.84. The molecule has 7 heteroatoms. The number of hydrogen-bond acceptors (Lipinski definition) is 5. The number of carbonyl (C=O) groups excluding carboxylic acids is 1. The van der Waals surface area contributed by atoms with Crippen LogP contribution in [0.4, 0.5) is 11.5 Å². The van der Waals surface area contributed by atoms with Crippen LogP contribution in [0.15, 0.2) is 72.9 Å². The smallest absolute Gasteiger partial charge is 0.258 e. The first-order valence-electron chi connectivity index (χ1n) is 8.60. The zero-order chi connectivity index (χ0) is 19.9. The summed E-state index contributed by atoms with van der Waals surface area (Å²) < 4.78 is 5.80.